The Labute approximate surface area is 65.6 Å². The number of rotatable bonds is 0. The summed E-state index contributed by atoms with van der Waals surface area (Å²) >= 11 is 0. The second-order valence-corrected chi connectivity index (χ2v) is 2.90. The summed E-state index contributed by atoms with van der Waals surface area (Å²) in [5, 5.41) is 1.19. The number of furan rings is 1. The maximum atomic E-state index is 5.45. The molecule has 2 aromatic rings. The van der Waals surface area contributed by atoms with Crippen LogP contribution in [0.5, 0.6) is 0 Å². The average Bonchev–Trinajstić information content (AvgIpc) is 2.27. The van der Waals surface area contributed by atoms with Gasteiger partial charge in [-0.25, -0.2) is 0 Å². The Bertz CT molecular complexity index is 385. The third kappa shape index (κ3) is 1.03. The van der Waals surface area contributed by atoms with E-state index in [9.17, 15) is 0 Å². The minimum Gasteiger partial charge on any atom is -0.461 e. The van der Waals surface area contributed by atoms with E-state index in [0.29, 0.717) is 0 Å². The van der Waals surface area contributed by atoms with Crippen LogP contribution in [0.15, 0.2) is 28.7 Å². The molecule has 0 saturated carbocycles. The maximum absolute atomic E-state index is 5.45. The van der Waals surface area contributed by atoms with Crippen molar-refractivity contribution < 1.29 is 4.42 Å². The lowest BCUT2D eigenvalue weighted by atomic mass is 10.2. The molecular weight excluding hydrogens is 136 g/mol. The van der Waals surface area contributed by atoms with E-state index in [-0.39, 0.29) is 0 Å². The molecule has 1 nitrogen and oxygen atoms in total. The first-order valence-electron chi connectivity index (χ1n) is 3.72. The van der Waals surface area contributed by atoms with Crippen LogP contribution < -0.4 is 0 Å². The predicted molar refractivity (Wildman–Crippen MR) is 45.7 cm³/mol. The second kappa shape index (κ2) is 2.12. The van der Waals surface area contributed by atoms with E-state index in [1.165, 1.54) is 10.9 Å². The van der Waals surface area contributed by atoms with Gasteiger partial charge in [0.25, 0.3) is 0 Å². The Morgan fingerprint density at radius 1 is 1.09 bits per heavy atom. The van der Waals surface area contributed by atoms with Gasteiger partial charge >= 0.3 is 0 Å². The van der Waals surface area contributed by atoms with Crippen molar-refractivity contribution in [1.82, 2.24) is 0 Å². The van der Waals surface area contributed by atoms with E-state index in [0.717, 1.165) is 11.3 Å². The van der Waals surface area contributed by atoms with Crippen molar-refractivity contribution in [2.24, 2.45) is 0 Å². The Balaban J connectivity index is 2.82. The van der Waals surface area contributed by atoms with Gasteiger partial charge in [-0.1, -0.05) is 12.1 Å². The van der Waals surface area contributed by atoms with Crippen LogP contribution in [0.1, 0.15) is 11.3 Å². The third-order valence-electron chi connectivity index (χ3n) is 1.80. The van der Waals surface area contributed by atoms with Crippen molar-refractivity contribution in [2.75, 3.05) is 0 Å². The fourth-order valence-corrected chi connectivity index (χ4v) is 1.27. The smallest absolute Gasteiger partial charge is 0.134 e. The lowest BCUT2D eigenvalue weighted by molar-refractivity contribution is 0.578. The normalized spacial score (nSPS) is 10.7. The minimum atomic E-state index is 0.977. The standard InChI is InChI=1S/C10H10O/c1-7-3-4-9-6-8(2)11-10(9)5-7/h3-6H,1-2H3. The van der Waals surface area contributed by atoms with Crippen LogP contribution in [0.4, 0.5) is 0 Å². The highest BCUT2D eigenvalue weighted by Gasteiger charge is 1.98. The lowest BCUT2D eigenvalue weighted by Gasteiger charge is -1.89. The van der Waals surface area contributed by atoms with Gasteiger partial charge in [-0.05, 0) is 31.5 Å². The van der Waals surface area contributed by atoms with Crippen LogP contribution in [0, 0.1) is 13.8 Å². The lowest BCUT2D eigenvalue weighted by Crippen LogP contribution is -1.67. The summed E-state index contributed by atoms with van der Waals surface area (Å²) in [5.74, 6) is 0.977. The quantitative estimate of drug-likeness (QED) is 0.556. The highest BCUT2D eigenvalue weighted by molar-refractivity contribution is 5.78. The largest absolute Gasteiger partial charge is 0.461 e. The van der Waals surface area contributed by atoms with Gasteiger partial charge < -0.3 is 4.42 Å². The number of fused-ring (bicyclic) bond motifs is 1. The molecule has 56 valence electrons. The highest BCUT2D eigenvalue weighted by Crippen LogP contribution is 2.19. The first kappa shape index (κ1) is 6.47. The van der Waals surface area contributed by atoms with Gasteiger partial charge in [0.15, 0.2) is 0 Å². The van der Waals surface area contributed by atoms with Crippen LogP contribution in [-0.2, 0) is 0 Å². The SMILES string of the molecule is Cc1ccc2cc(C)oc2c1. The zero-order chi connectivity index (χ0) is 7.84. The van der Waals surface area contributed by atoms with E-state index in [4.69, 9.17) is 4.42 Å². The molecule has 1 heteroatoms. The second-order valence-electron chi connectivity index (χ2n) is 2.90. The average molecular weight is 146 g/mol. The van der Waals surface area contributed by atoms with Crippen LogP contribution in [-0.4, -0.2) is 0 Å². The molecular formula is C10H10O. The van der Waals surface area contributed by atoms with Crippen molar-refractivity contribution in [1.29, 1.82) is 0 Å². The van der Waals surface area contributed by atoms with Crippen molar-refractivity contribution in [3.05, 3.63) is 35.6 Å². The molecule has 0 saturated heterocycles. The number of hydrogen-bond acceptors (Lipinski definition) is 1. The molecule has 1 aromatic heterocycles. The summed E-state index contributed by atoms with van der Waals surface area (Å²) in [6.45, 7) is 4.03. The van der Waals surface area contributed by atoms with Gasteiger partial charge in [0, 0.05) is 5.39 Å². The molecule has 0 aliphatic rings. The zero-order valence-corrected chi connectivity index (χ0v) is 6.72. The van der Waals surface area contributed by atoms with E-state index in [1.807, 2.05) is 6.92 Å². The van der Waals surface area contributed by atoms with Gasteiger partial charge in [0.05, 0.1) is 0 Å². The Hall–Kier alpha value is -1.24. The summed E-state index contributed by atoms with van der Waals surface area (Å²) < 4.78 is 5.45. The highest BCUT2D eigenvalue weighted by atomic mass is 16.3. The van der Waals surface area contributed by atoms with Gasteiger partial charge in [-0.3, -0.25) is 0 Å². The summed E-state index contributed by atoms with van der Waals surface area (Å²) in [4.78, 5) is 0. The number of benzene rings is 1. The van der Waals surface area contributed by atoms with E-state index in [2.05, 4.69) is 31.2 Å². The number of hydrogen-bond donors (Lipinski definition) is 0. The molecule has 0 aliphatic heterocycles. The molecule has 0 bridgehead atoms. The zero-order valence-electron chi connectivity index (χ0n) is 6.72. The Morgan fingerprint density at radius 2 is 1.91 bits per heavy atom. The third-order valence-corrected chi connectivity index (χ3v) is 1.80. The van der Waals surface area contributed by atoms with Crippen LogP contribution in [0.3, 0.4) is 0 Å². The van der Waals surface area contributed by atoms with E-state index >= 15 is 0 Å². The Morgan fingerprint density at radius 3 is 2.73 bits per heavy atom. The minimum absolute atomic E-state index is 0.977. The molecule has 0 amide bonds. The van der Waals surface area contributed by atoms with Gasteiger partial charge in [0.2, 0.25) is 0 Å². The maximum Gasteiger partial charge on any atom is 0.134 e. The number of aryl methyl sites for hydroxylation is 2. The molecule has 1 aromatic carbocycles. The van der Waals surface area contributed by atoms with Gasteiger partial charge in [-0.15, -0.1) is 0 Å². The molecule has 0 unspecified atom stereocenters. The summed E-state index contributed by atoms with van der Waals surface area (Å²) in [6, 6.07) is 8.29. The molecule has 1 heterocycles. The van der Waals surface area contributed by atoms with Crippen LogP contribution >= 0.6 is 0 Å². The van der Waals surface area contributed by atoms with E-state index in [1.54, 1.807) is 0 Å². The predicted octanol–water partition coefficient (Wildman–Crippen LogP) is 3.05. The van der Waals surface area contributed by atoms with Gasteiger partial charge in [-0.2, -0.15) is 0 Å². The molecule has 2 rings (SSSR count). The van der Waals surface area contributed by atoms with Crippen LogP contribution in [0.25, 0.3) is 11.0 Å². The van der Waals surface area contributed by atoms with E-state index < -0.39 is 0 Å². The monoisotopic (exact) mass is 146 g/mol. The van der Waals surface area contributed by atoms with Crippen LogP contribution in [0.2, 0.25) is 0 Å². The topological polar surface area (TPSA) is 13.1 Å². The van der Waals surface area contributed by atoms with Crippen molar-refractivity contribution in [3.8, 4) is 0 Å². The first-order valence-corrected chi connectivity index (χ1v) is 3.72. The summed E-state index contributed by atoms with van der Waals surface area (Å²) in [7, 11) is 0. The summed E-state index contributed by atoms with van der Waals surface area (Å²) in [6.07, 6.45) is 0. The molecule has 0 N–H and O–H groups in total. The van der Waals surface area contributed by atoms with Crippen molar-refractivity contribution in [3.63, 3.8) is 0 Å². The first-order chi connectivity index (χ1) is 5.25. The van der Waals surface area contributed by atoms with Gasteiger partial charge in [0.1, 0.15) is 11.3 Å². The summed E-state index contributed by atoms with van der Waals surface area (Å²) in [5.41, 5.74) is 2.23. The van der Waals surface area contributed by atoms with Crippen molar-refractivity contribution in [2.45, 2.75) is 13.8 Å². The molecule has 0 fully saturated rings. The fourth-order valence-electron chi connectivity index (χ4n) is 1.27. The fraction of sp³-hybridized carbons (Fsp3) is 0.200. The van der Waals surface area contributed by atoms with Crippen molar-refractivity contribution >= 4 is 11.0 Å². The Kier molecular flexibility index (Phi) is 1.25. The molecule has 11 heavy (non-hydrogen) atoms. The molecule has 0 atom stereocenters. The molecule has 0 aliphatic carbocycles. The molecule has 0 radical (unpaired) electrons. The molecule has 0 spiro atoms.